The Kier molecular flexibility index (Phi) is 5.52. The Hall–Kier alpha value is -2.04. The second kappa shape index (κ2) is 7.24. The highest BCUT2D eigenvalue weighted by atomic mass is 35.5. The first-order valence-electron chi connectivity index (χ1n) is 7.35. The van der Waals surface area contributed by atoms with Crippen molar-refractivity contribution in [2.24, 2.45) is 0 Å². The molecule has 0 spiro atoms. The van der Waals surface area contributed by atoms with E-state index in [2.05, 4.69) is 10.6 Å². The van der Waals surface area contributed by atoms with Gasteiger partial charge < -0.3 is 10.6 Å². The predicted molar refractivity (Wildman–Crippen MR) is 98.9 cm³/mol. The second-order valence-electron chi connectivity index (χ2n) is 6.33. The number of hydrogen-bond acceptors (Lipinski definition) is 2. The summed E-state index contributed by atoms with van der Waals surface area (Å²) in [5.41, 5.74) is 1.79. The van der Waals surface area contributed by atoms with Crippen LogP contribution in [0.4, 0.5) is 11.4 Å². The van der Waals surface area contributed by atoms with Gasteiger partial charge in [-0.25, -0.2) is 0 Å². The standard InChI is InChI=1S/C18H18Cl2N2O2/c1-18(2,3)12-6-4-5-7-15(12)22-17(24)16(23)21-11-8-9-13(19)14(20)10-11/h4-10H,1-3H3,(H,21,23)(H,22,24). The van der Waals surface area contributed by atoms with Crippen LogP contribution in [-0.2, 0) is 15.0 Å². The summed E-state index contributed by atoms with van der Waals surface area (Å²) in [6.45, 7) is 6.11. The van der Waals surface area contributed by atoms with Gasteiger partial charge >= 0.3 is 11.8 Å². The van der Waals surface area contributed by atoms with E-state index in [0.29, 0.717) is 21.4 Å². The van der Waals surface area contributed by atoms with Crippen molar-refractivity contribution in [2.45, 2.75) is 26.2 Å². The minimum Gasteiger partial charge on any atom is -0.318 e. The van der Waals surface area contributed by atoms with Crippen molar-refractivity contribution >= 4 is 46.4 Å². The molecule has 0 bridgehead atoms. The monoisotopic (exact) mass is 364 g/mol. The van der Waals surface area contributed by atoms with Crippen molar-refractivity contribution in [3.63, 3.8) is 0 Å². The van der Waals surface area contributed by atoms with E-state index < -0.39 is 11.8 Å². The van der Waals surface area contributed by atoms with Crippen molar-refractivity contribution in [3.8, 4) is 0 Å². The summed E-state index contributed by atoms with van der Waals surface area (Å²) in [4.78, 5) is 24.2. The van der Waals surface area contributed by atoms with Crippen molar-refractivity contribution in [2.75, 3.05) is 10.6 Å². The van der Waals surface area contributed by atoms with Crippen LogP contribution in [-0.4, -0.2) is 11.8 Å². The maximum atomic E-state index is 12.2. The van der Waals surface area contributed by atoms with Crippen LogP contribution in [0.3, 0.4) is 0 Å². The molecule has 2 rings (SSSR count). The van der Waals surface area contributed by atoms with Crippen LogP contribution in [0.2, 0.25) is 10.0 Å². The number of rotatable bonds is 2. The van der Waals surface area contributed by atoms with E-state index in [1.807, 2.05) is 39.0 Å². The van der Waals surface area contributed by atoms with E-state index in [0.717, 1.165) is 5.56 Å². The third-order valence-corrected chi connectivity index (χ3v) is 4.11. The molecule has 0 atom stereocenters. The van der Waals surface area contributed by atoms with E-state index in [4.69, 9.17) is 23.2 Å². The van der Waals surface area contributed by atoms with Gasteiger partial charge in [-0.2, -0.15) is 0 Å². The summed E-state index contributed by atoms with van der Waals surface area (Å²) in [5.74, 6) is -1.53. The van der Waals surface area contributed by atoms with Gasteiger partial charge in [0.15, 0.2) is 0 Å². The fraction of sp³-hybridized carbons (Fsp3) is 0.222. The van der Waals surface area contributed by atoms with E-state index >= 15 is 0 Å². The largest absolute Gasteiger partial charge is 0.318 e. The van der Waals surface area contributed by atoms with Crippen molar-refractivity contribution in [1.29, 1.82) is 0 Å². The molecule has 2 N–H and O–H groups in total. The van der Waals surface area contributed by atoms with Gasteiger partial charge in [0.2, 0.25) is 0 Å². The number of para-hydroxylation sites is 1. The molecular weight excluding hydrogens is 347 g/mol. The lowest BCUT2D eigenvalue weighted by atomic mass is 9.86. The molecule has 6 heteroatoms. The van der Waals surface area contributed by atoms with E-state index in [1.165, 1.54) is 6.07 Å². The average Bonchev–Trinajstić information content (AvgIpc) is 2.50. The Labute approximate surface area is 151 Å². The SMILES string of the molecule is CC(C)(C)c1ccccc1NC(=O)C(=O)Nc1ccc(Cl)c(Cl)c1. The zero-order valence-electron chi connectivity index (χ0n) is 13.6. The number of hydrogen-bond donors (Lipinski definition) is 2. The summed E-state index contributed by atoms with van der Waals surface area (Å²) in [5, 5.41) is 5.82. The Morgan fingerprint density at radius 2 is 1.50 bits per heavy atom. The first-order chi connectivity index (χ1) is 11.2. The van der Waals surface area contributed by atoms with Crippen LogP contribution in [0.5, 0.6) is 0 Å². The molecule has 2 aromatic rings. The molecule has 2 amide bonds. The van der Waals surface area contributed by atoms with Gasteiger partial charge in [0.1, 0.15) is 0 Å². The third-order valence-electron chi connectivity index (χ3n) is 3.37. The van der Waals surface area contributed by atoms with Crippen molar-refractivity contribution < 1.29 is 9.59 Å². The molecule has 0 aromatic heterocycles. The third kappa shape index (κ3) is 4.49. The van der Waals surface area contributed by atoms with Crippen LogP contribution in [0.1, 0.15) is 26.3 Å². The fourth-order valence-electron chi connectivity index (χ4n) is 2.19. The minimum absolute atomic E-state index is 0.163. The first-order valence-corrected chi connectivity index (χ1v) is 8.11. The maximum absolute atomic E-state index is 12.2. The lowest BCUT2D eigenvalue weighted by Crippen LogP contribution is -2.30. The van der Waals surface area contributed by atoms with Crippen LogP contribution < -0.4 is 10.6 Å². The number of amides is 2. The maximum Gasteiger partial charge on any atom is 0.314 e. The Bertz CT molecular complexity index is 783. The number of carbonyl (C=O) groups is 2. The van der Waals surface area contributed by atoms with Crippen LogP contribution in [0.15, 0.2) is 42.5 Å². The van der Waals surface area contributed by atoms with Gasteiger partial charge in [-0.1, -0.05) is 62.2 Å². The first kappa shape index (κ1) is 18.3. The molecule has 4 nitrogen and oxygen atoms in total. The summed E-state index contributed by atoms with van der Waals surface area (Å²) in [6.07, 6.45) is 0. The number of nitrogens with one attached hydrogen (secondary N) is 2. The lowest BCUT2D eigenvalue weighted by molar-refractivity contribution is -0.133. The molecule has 0 saturated heterocycles. The quantitative estimate of drug-likeness (QED) is 0.746. The topological polar surface area (TPSA) is 58.2 Å². The van der Waals surface area contributed by atoms with E-state index in [9.17, 15) is 9.59 Å². The molecule has 0 saturated carbocycles. The van der Waals surface area contributed by atoms with E-state index in [1.54, 1.807) is 18.2 Å². The molecule has 24 heavy (non-hydrogen) atoms. The number of halogens is 2. The molecule has 0 aliphatic heterocycles. The Balaban J connectivity index is 2.12. The van der Waals surface area contributed by atoms with Crippen LogP contribution in [0, 0.1) is 0 Å². The van der Waals surface area contributed by atoms with Crippen LogP contribution in [0.25, 0.3) is 0 Å². The number of benzene rings is 2. The Morgan fingerprint density at radius 3 is 2.12 bits per heavy atom. The van der Waals surface area contributed by atoms with Gasteiger partial charge in [0.25, 0.3) is 0 Å². The highest BCUT2D eigenvalue weighted by molar-refractivity contribution is 6.44. The highest BCUT2D eigenvalue weighted by Crippen LogP contribution is 2.29. The molecule has 0 aliphatic rings. The second-order valence-corrected chi connectivity index (χ2v) is 7.15. The molecule has 126 valence electrons. The van der Waals surface area contributed by atoms with Gasteiger partial charge in [-0.3, -0.25) is 9.59 Å². The normalized spacial score (nSPS) is 11.0. The molecule has 0 unspecified atom stereocenters. The van der Waals surface area contributed by atoms with Crippen molar-refractivity contribution in [1.82, 2.24) is 0 Å². The van der Waals surface area contributed by atoms with Gasteiger partial charge in [-0.05, 0) is 35.2 Å². The number of anilines is 2. The molecule has 2 aromatic carbocycles. The molecule has 0 aliphatic carbocycles. The van der Waals surface area contributed by atoms with Crippen molar-refractivity contribution in [3.05, 3.63) is 58.1 Å². The predicted octanol–water partition coefficient (Wildman–Crippen LogP) is 4.87. The minimum atomic E-state index is -0.780. The molecule has 0 radical (unpaired) electrons. The van der Waals surface area contributed by atoms with Gasteiger partial charge in [0.05, 0.1) is 10.0 Å². The summed E-state index contributed by atoms with van der Waals surface area (Å²) in [7, 11) is 0. The Morgan fingerprint density at radius 1 is 0.875 bits per heavy atom. The van der Waals surface area contributed by atoms with Gasteiger partial charge in [-0.15, -0.1) is 0 Å². The van der Waals surface area contributed by atoms with E-state index in [-0.39, 0.29) is 5.41 Å². The fourth-order valence-corrected chi connectivity index (χ4v) is 2.49. The number of carbonyl (C=O) groups excluding carboxylic acids is 2. The molecule has 0 heterocycles. The summed E-state index contributed by atoms with van der Waals surface area (Å²) >= 11 is 11.7. The zero-order chi connectivity index (χ0) is 17.9. The summed E-state index contributed by atoms with van der Waals surface area (Å²) in [6, 6.07) is 12.0. The van der Waals surface area contributed by atoms with Gasteiger partial charge in [0, 0.05) is 11.4 Å². The molecule has 0 fully saturated rings. The summed E-state index contributed by atoms with van der Waals surface area (Å²) < 4.78 is 0. The average molecular weight is 365 g/mol. The molecular formula is C18H18Cl2N2O2. The zero-order valence-corrected chi connectivity index (χ0v) is 15.1. The smallest absolute Gasteiger partial charge is 0.314 e. The highest BCUT2D eigenvalue weighted by Gasteiger charge is 2.21. The van der Waals surface area contributed by atoms with Crippen LogP contribution >= 0.6 is 23.2 Å². The lowest BCUT2D eigenvalue weighted by Gasteiger charge is -2.22.